The third-order valence-corrected chi connectivity index (χ3v) is 4.42. The number of carbonyl (C=O) groups excluding carboxylic acids is 2. The molecular formula is C18H27N3O3. The molecule has 0 radical (unpaired) electrons. The number of primary amides is 1. The van der Waals surface area contributed by atoms with E-state index in [0.29, 0.717) is 39.1 Å². The second-order valence-electron chi connectivity index (χ2n) is 6.17. The number of nitrogens with one attached hydrogen (secondary N) is 1. The van der Waals surface area contributed by atoms with E-state index in [1.54, 1.807) is 4.90 Å². The SMILES string of the molecule is CC(OCCCNC(=O)N1CCC(C(N)=O)CC1)c1ccccc1. The van der Waals surface area contributed by atoms with Crippen LogP contribution in [0.4, 0.5) is 4.79 Å². The monoisotopic (exact) mass is 333 g/mol. The zero-order valence-corrected chi connectivity index (χ0v) is 14.2. The molecule has 3 amide bonds. The van der Waals surface area contributed by atoms with Crippen molar-refractivity contribution in [1.82, 2.24) is 10.2 Å². The first-order valence-electron chi connectivity index (χ1n) is 8.56. The first-order valence-corrected chi connectivity index (χ1v) is 8.56. The minimum Gasteiger partial charge on any atom is -0.374 e. The van der Waals surface area contributed by atoms with Gasteiger partial charge in [-0.1, -0.05) is 30.3 Å². The minimum absolute atomic E-state index is 0.0507. The second-order valence-corrected chi connectivity index (χ2v) is 6.17. The van der Waals surface area contributed by atoms with Gasteiger partial charge in [-0.15, -0.1) is 0 Å². The maximum Gasteiger partial charge on any atom is 0.317 e. The predicted octanol–water partition coefficient (Wildman–Crippen LogP) is 2.06. The normalized spacial score (nSPS) is 16.6. The highest BCUT2D eigenvalue weighted by molar-refractivity contribution is 5.78. The predicted molar refractivity (Wildman–Crippen MR) is 92.3 cm³/mol. The van der Waals surface area contributed by atoms with Gasteiger partial charge in [-0.05, 0) is 31.7 Å². The molecule has 1 aliphatic heterocycles. The molecule has 6 heteroatoms. The Morgan fingerprint density at radius 2 is 1.96 bits per heavy atom. The van der Waals surface area contributed by atoms with Crippen molar-refractivity contribution in [3.8, 4) is 0 Å². The lowest BCUT2D eigenvalue weighted by molar-refractivity contribution is -0.123. The summed E-state index contributed by atoms with van der Waals surface area (Å²) in [4.78, 5) is 24.9. The molecule has 2 rings (SSSR count). The highest BCUT2D eigenvalue weighted by Gasteiger charge is 2.25. The molecule has 24 heavy (non-hydrogen) atoms. The van der Waals surface area contributed by atoms with E-state index in [4.69, 9.17) is 10.5 Å². The Morgan fingerprint density at radius 3 is 2.58 bits per heavy atom. The number of nitrogens with zero attached hydrogens (tertiary/aromatic N) is 1. The van der Waals surface area contributed by atoms with E-state index in [0.717, 1.165) is 12.0 Å². The van der Waals surface area contributed by atoms with Crippen molar-refractivity contribution in [2.24, 2.45) is 11.7 Å². The van der Waals surface area contributed by atoms with Gasteiger partial charge >= 0.3 is 6.03 Å². The minimum atomic E-state index is -0.264. The summed E-state index contributed by atoms with van der Waals surface area (Å²) < 4.78 is 5.78. The second kappa shape index (κ2) is 9.27. The number of nitrogens with two attached hydrogens (primary N) is 1. The van der Waals surface area contributed by atoms with Crippen LogP contribution in [0.25, 0.3) is 0 Å². The van der Waals surface area contributed by atoms with Gasteiger partial charge in [0.25, 0.3) is 0 Å². The van der Waals surface area contributed by atoms with Crippen molar-refractivity contribution >= 4 is 11.9 Å². The zero-order chi connectivity index (χ0) is 17.4. The number of benzene rings is 1. The number of hydrogen-bond acceptors (Lipinski definition) is 3. The third kappa shape index (κ3) is 5.53. The molecule has 1 aliphatic rings. The topological polar surface area (TPSA) is 84.7 Å². The van der Waals surface area contributed by atoms with Gasteiger partial charge in [0.2, 0.25) is 5.91 Å². The summed E-state index contributed by atoms with van der Waals surface area (Å²) >= 11 is 0. The zero-order valence-electron chi connectivity index (χ0n) is 14.2. The molecule has 0 spiro atoms. The van der Waals surface area contributed by atoms with E-state index in [2.05, 4.69) is 5.32 Å². The van der Waals surface area contributed by atoms with Crippen molar-refractivity contribution in [2.45, 2.75) is 32.3 Å². The molecule has 0 aliphatic carbocycles. The standard InChI is InChI=1S/C18H27N3O3/c1-14(15-6-3-2-4-7-15)24-13-5-10-20-18(23)21-11-8-16(9-12-21)17(19)22/h2-4,6-7,14,16H,5,8-13H2,1H3,(H2,19,22)(H,20,23). The van der Waals surface area contributed by atoms with E-state index < -0.39 is 0 Å². The molecule has 1 atom stereocenters. The number of urea groups is 1. The average molecular weight is 333 g/mol. The van der Waals surface area contributed by atoms with E-state index in [1.807, 2.05) is 37.3 Å². The largest absolute Gasteiger partial charge is 0.374 e. The molecule has 3 N–H and O–H groups in total. The molecule has 0 aromatic heterocycles. The summed E-state index contributed by atoms with van der Waals surface area (Å²) in [7, 11) is 0. The number of ether oxygens (including phenoxy) is 1. The van der Waals surface area contributed by atoms with Crippen LogP contribution in [0.15, 0.2) is 30.3 Å². The Labute approximate surface area is 143 Å². The lowest BCUT2D eigenvalue weighted by Gasteiger charge is -2.30. The Hall–Kier alpha value is -2.08. The molecule has 1 unspecified atom stereocenters. The van der Waals surface area contributed by atoms with Gasteiger partial charge in [0.15, 0.2) is 0 Å². The maximum absolute atomic E-state index is 12.1. The molecule has 132 valence electrons. The molecule has 1 fully saturated rings. The average Bonchev–Trinajstić information content (AvgIpc) is 2.62. The van der Waals surface area contributed by atoms with Crippen LogP contribution in [0.2, 0.25) is 0 Å². The first-order chi connectivity index (χ1) is 11.6. The number of carbonyl (C=O) groups is 2. The summed E-state index contributed by atoms with van der Waals surface area (Å²) in [5, 5.41) is 2.90. The number of piperidine rings is 1. The van der Waals surface area contributed by atoms with Crippen LogP contribution >= 0.6 is 0 Å². The van der Waals surface area contributed by atoms with Crippen molar-refractivity contribution in [3.05, 3.63) is 35.9 Å². The van der Waals surface area contributed by atoms with Crippen LogP contribution in [-0.2, 0) is 9.53 Å². The maximum atomic E-state index is 12.1. The molecular weight excluding hydrogens is 306 g/mol. The molecule has 1 heterocycles. The molecule has 0 saturated carbocycles. The quantitative estimate of drug-likeness (QED) is 0.749. The summed E-state index contributed by atoms with van der Waals surface area (Å²) in [6.07, 6.45) is 2.12. The summed E-state index contributed by atoms with van der Waals surface area (Å²) in [5.41, 5.74) is 6.45. The Balaban J connectivity index is 1.57. The molecule has 1 aromatic rings. The van der Waals surface area contributed by atoms with Crippen LogP contribution in [-0.4, -0.2) is 43.1 Å². The van der Waals surface area contributed by atoms with Crippen molar-refractivity contribution < 1.29 is 14.3 Å². The van der Waals surface area contributed by atoms with Crippen LogP contribution < -0.4 is 11.1 Å². The smallest absolute Gasteiger partial charge is 0.317 e. The lowest BCUT2D eigenvalue weighted by Crippen LogP contribution is -2.46. The Bertz CT molecular complexity index is 528. The van der Waals surface area contributed by atoms with E-state index in [1.165, 1.54) is 0 Å². The van der Waals surface area contributed by atoms with Crippen LogP contribution in [0.3, 0.4) is 0 Å². The molecule has 6 nitrogen and oxygen atoms in total. The molecule has 0 bridgehead atoms. The number of amides is 3. The summed E-state index contributed by atoms with van der Waals surface area (Å²) in [6, 6.07) is 9.99. The van der Waals surface area contributed by atoms with Gasteiger partial charge < -0.3 is 20.7 Å². The number of hydrogen-bond donors (Lipinski definition) is 2. The van der Waals surface area contributed by atoms with E-state index in [9.17, 15) is 9.59 Å². The highest BCUT2D eigenvalue weighted by atomic mass is 16.5. The molecule has 1 aromatic carbocycles. The fourth-order valence-electron chi connectivity index (χ4n) is 2.83. The van der Waals surface area contributed by atoms with Gasteiger partial charge in [0.1, 0.15) is 0 Å². The summed E-state index contributed by atoms with van der Waals surface area (Å²) in [5.74, 6) is -0.360. The number of likely N-dealkylation sites (tertiary alicyclic amines) is 1. The van der Waals surface area contributed by atoms with E-state index in [-0.39, 0.29) is 24.0 Å². The van der Waals surface area contributed by atoms with E-state index >= 15 is 0 Å². The lowest BCUT2D eigenvalue weighted by atomic mass is 9.96. The fraction of sp³-hybridized carbons (Fsp3) is 0.556. The van der Waals surface area contributed by atoms with Crippen molar-refractivity contribution in [2.75, 3.05) is 26.2 Å². The van der Waals surface area contributed by atoms with Crippen molar-refractivity contribution in [1.29, 1.82) is 0 Å². The van der Waals surface area contributed by atoms with Gasteiger partial charge in [0, 0.05) is 32.2 Å². The molecule has 1 saturated heterocycles. The van der Waals surface area contributed by atoms with Crippen LogP contribution in [0, 0.1) is 5.92 Å². The highest BCUT2D eigenvalue weighted by Crippen LogP contribution is 2.17. The van der Waals surface area contributed by atoms with Gasteiger partial charge in [-0.25, -0.2) is 4.79 Å². The fourth-order valence-corrected chi connectivity index (χ4v) is 2.83. The third-order valence-electron chi connectivity index (χ3n) is 4.42. The Kier molecular flexibility index (Phi) is 7.06. The summed E-state index contributed by atoms with van der Waals surface area (Å²) in [6.45, 7) is 4.37. The Morgan fingerprint density at radius 1 is 1.29 bits per heavy atom. The van der Waals surface area contributed by atoms with Gasteiger partial charge in [-0.3, -0.25) is 4.79 Å². The number of rotatable bonds is 7. The van der Waals surface area contributed by atoms with Crippen molar-refractivity contribution in [3.63, 3.8) is 0 Å². The van der Waals surface area contributed by atoms with Gasteiger partial charge in [0.05, 0.1) is 6.10 Å². The van der Waals surface area contributed by atoms with Crippen LogP contribution in [0.1, 0.15) is 37.9 Å². The van der Waals surface area contributed by atoms with Gasteiger partial charge in [-0.2, -0.15) is 0 Å². The van der Waals surface area contributed by atoms with Crippen LogP contribution in [0.5, 0.6) is 0 Å². The first kappa shape index (κ1) is 18.3.